The third-order valence-corrected chi connectivity index (χ3v) is 1.32. The summed E-state index contributed by atoms with van der Waals surface area (Å²) in [5.41, 5.74) is 6.30. The Morgan fingerprint density at radius 1 is 1.55 bits per heavy atom. The number of nitrogens with zero attached hydrogens (tertiary/aromatic N) is 2. The van der Waals surface area contributed by atoms with Crippen LogP contribution in [-0.4, -0.2) is 27.7 Å². The number of nitrogens with two attached hydrogens (primary N) is 1. The normalized spacial score (nSPS) is 12.9. The van der Waals surface area contributed by atoms with Gasteiger partial charge in [-0.2, -0.15) is 0 Å². The van der Waals surface area contributed by atoms with E-state index in [1.807, 2.05) is 0 Å². The van der Waals surface area contributed by atoms with Crippen LogP contribution >= 0.6 is 0 Å². The second kappa shape index (κ2) is 4.00. The molecular weight excluding hydrogens is 142 g/mol. The van der Waals surface area contributed by atoms with Gasteiger partial charge in [-0.15, -0.1) is 0 Å². The molecule has 11 heavy (non-hydrogen) atoms. The zero-order valence-electron chi connectivity index (χ0n) is 6.14. The van der Waals surface area contributed by atoms with Crippen molar-refractivity contribution >= 4 is 0 Å². The predicted octanol–water partition coefficient (Wildman–Crippen LogP) is -0.661. The quantitative estimate of drug-likeness (QED) is 0.604. The van der Waals surface area contributed by atoms with E-state index in [1.54, 1.807) is 18.6 Å². The predicted molar refractivity (Wildman–Crippen MR) is 40.8 cm³/mol. The molecule has 0 amide bonds. The van der Waals surface area contributed by atoms with Gasteiger partial charge in [-0.05, 0) is 0 Å². The lowest BCUT2D eigenvalue weighted by Gasteiger charge is -2.05. The maximum absolute atomic E-state index is 8.62. The van der Waals surface area contributed by atoms with Crippen molar-refractivity contribution < 1.29 is 5.11 Å². The number of aliphatic hydroxyl groups excluding tert-OH is 1. The molecule has 0 radical (unpaired) electrons. The highest BCUT2D eigenvalue weighted by Gasteiger charge is 2.01. The van der Waals surface area contributed by atoms with Gasteiger partial charge in [-0.3, -0.25) is 9.97 Å². The van der Waals surface area contributed by atoms with Crippen molar-refractivity contribution in [3.8, 4) is 0 Å². The van der Waals surface area contributed by atoms with Gasteiger partial charge in [0.1, 0.15) is 0 Å². The van der Waals surface area contributed by atoms with Crippen LogP contribution in [0.25, 0.3) is 0 Å². The van der Waals surface area contributed by atoms with Crippen LogP contribution in [0.2, 0.25) is 0 Å². The third-order valence-electron chi connectivity index (χ3n) is 1.32. The Morgan fingerprint density at radius 3 is 2.91 bits per heavy atom. The summed E-state index contributed by atoms with van der Waals surface area (Å²) in [7, 11) is 0. The van der Waals surface area contributed by atoms with Crippen molar-refractivity contribution in [1.82, 2.24) is 9.97 Å². The molecule has 1 heterocycles. The van der Waals surface area contributed by atoms with Crippen molar-refractivity contribution in [2.24, 2.45) is 5.73 Å². The van der Waals surface area contributed by atoms with Gasteiger partial charge in [-0.1, -0.05) is 0 Å². The van der Waals surface area contributed by atoms with E-state index in [9.17, 15) is 0 Å². The van der Waals surface area contributed by atoms with Crippen LogP contribution < -0.4 is 5.73 Å². The first kappa shape index (κ1) is 8.10. The summed E-state index contributed by atoms with van der Waals surface area (Å²) in [6, 6.07) is -0.230. The van der Waals surface area contributed by atoms with E-state index in [2.05, 4.69) is 9.97 Å². The SMILES string of the molecule is NC(CO)Cc1cnccn1. The maximum Gasteiger partial charge on any atom is 0.0602 e. The molecule has 60 valence electrons. The number of hydrogen-bond donors (Lipinski definition) is 2. The Balaban J connectivity index is 2.51. The molecule has 0 saturated heterocycles. The highest BCUT2D eigenvalue weighted by molar-refractivity contribution is 4.96. The molecule has 4 heteroatoms. The van der Waals surface area contributed by atoms with Crippen LogP contribution in [0, 0.1) is 0 Å². The lowest BCUT2D eigenvalue weighted by Crippen LogP contribution is -2.27. The van der Waals surface area contributed by atoms with Crippen LogP contribution in [0.15, 0.2) is 18.6 Å². The monoisotopic (exact) mass is 153 g/mol. The molecule has 3 N–H and O–H groups in total. The highest BCUT2D eigenvalue weighted by Crippen LogP contribution is 1.93. The summed E-state index contributed by atoms with van der Waals surface area (Å²) in [6.45, 7) is -0.0173. The number of aliphatic hydroxyl groups is 1. The Kier molecular flexibility index (Phi) is 2.95. The summed E-state index contributed by atoms with van der Waals surface area (Å²) < 4.78 is 0. The summed E-state index contributed by atoms with van der Waals surface area (Å²) in [5, 5.41) is 8.62. The molecule has 1 aromatic heterocycles. The fraction of sp³-hybridized carbons (Fsp3) is 0.429. The van der Waals surface area contributed by atoms with Gasteiger partial charge in [0.15, 0.2) is 0 Å². The Hall–Kier alpha value is -1.00. The van der Waals surface area contributed by atoms with Crippen molar-refractivity contribution in [2.75, 3.05) is 6.61 Å². The van der Waals surface area contributed by atoms with Crippen molar-refractivity contribution in [3.05, 3.63) is 24.3 Å². The molecular formula is C7H11N3O. The minimum atomic E-state index is -0.230. The van der Waals surface area contributed by atoms with E-state index in [0.29, 0.717) is 6.42 Å². The lowest BCUT2D eigenvalue weighted by molar-refractivity contribution is 0.264. The molecule has 0 aliphatic heterocycles. The third kappa shape index (κ3) is 2.61. The first-order valence-electron chi connectivity index (χ1n) is 3.44. The fourth-order valence-corrected chi connectivity index (χ4v) is 0.769. The van der Waals surface area contributed by atoms with E-state index in [4.69, 9.17) is 10.8 Å². The van der Waals surface area contributed by atoms with Gasteiger partial charge in [-0.25, -0.2) is 0 Å². The number of hydrogen-bond acceptors (Lipinski definition) is 4. The van der Waals surface area contributed by atoms with E-state index < -0.39 is 0 Å². The first-order chi connectivity index (χ1) is 5.33. The molecule has 1 atom stereocenters. The van der Waals surface area contributed by atoms with E-state index in [0.717, 1.165) is 5.69 Å². The van der Waals surface area contributed by atoms with Gasteiger partial charge in [0.25, 0.3) is 0 Å². The molecule has 0 spiro atoms. The molecule has 1 aromatic rings. The fourth-order valence-electron chi connectivity index (χ4n) is 0.769. The summed E-state index contributed by atoms with van der Waals surface area (Å²) in [4.78, 5) is 7.89. The van der Waals surface area contributed by atoms with Crippen LogP contribution in [0.4, 0.5) is 0 Å². The molecule has 0 bridgehead atoms. The Bertz CT molecular complexity index is 202. The van der Waals surface area contributed by atoms with Gasteiger partial charge in [0.2, 0.25) is 0 Å². The van der Waals surface area contributed by atoms with Crippen molar-refractivity contribution in [3.63, 3.8) is 0 Å². The van der Waals surface area contributed by atoms with E-state index in [1.165, 1.54) is 0 Å². The largest absolute Gasteiger partial charge is 0.395 e. The second-order valence-electron chi connectivity index (χ2n) is 2.34. The van der Waals surface area contributed by atoms with Gasteiger partial charge in [0.05, 0.1) is 12.3 Å². The van der Waals surface area contributed by atoms with Crippen LogP contribution in [-0.2, 0) is 6.42 Å². The van der Waals surface area contributed by atoms with Crippen LogP contribution in [0.5, 0.6) is 0 Å². The summed E-state index contributed by atoms with van der Waals surface area (Å²) in [5.74, 6) is 0. The zero-order chi connectivity index (χ0) is 8.10. The Morgan fingerprint density at radius 2 is 2.36 bits per heavy atom. The molecule has 4 nitrogen and oxygen atoms in total. The molecule has 1 unspecified atom stereocenters. The maximum atomic E-state index is 8.62. The van der Waals surface area contributed by atoms with Crippen LogP contribution in [0.3, 0.4) is 0 Å². The average molecular weight is 153 g/mol. The molecule has 0 saturated carbocycles. The molecule has 0 aliphatic rings. The lowest BCUT2D eigenvalue weighted by atomic mass is 10.2. The zero-order valence-corrected chi connectivity index (χ0v) is 6.14. The molecule has 1 rings (SSSR count). The number of rotatable bonds is 3. The summed E-state index contributed by atoms with van der Waals surface area (Å²) in [6.07, 6.45) is 5.44. The highest BCUT2D eigenvalue weighted by atomic mass is 16.3. The van der Waals surface area contributed by atoms with E-state index in [-0.39, 0.29) is 12.6 Å². The Labute approximate surface area is 65.1 Å². The first-order valence-corrected chi connectivity index (χ1v) is 3.44. The standard InChI is InChI=1S/C7H11N3O/c8-6(5-11)3-7-4-9-1-2-10-7/h1-2,4,6,11H,3,5,8H2. The van der Waals surface area contributed by atoms with Crippen molar-refractivity contribution in [1.29, 1.82) is 0 Å². The second-order valence-corrected chi connectivity index (χ2v) is 2.34. The average Bonchev–Trinajstić information content (AvgIpc) is 2.06. The van der Waals surface area contributed by atoms with Gasteiger partial charge < -0.3 is 10.8 Å². The summed E-state index contributed by atoms with van der Waals surface area (Å²) >= 11 is 0. The minimum absolute atomic E-state index is 0.0173. The van der Waals surface area contributed by atoms with Gasteiger partial charge >= 0.3 is 0 Å². The molecule has 0 aromatic carbocycles. The van der Waals surface area contributed by atoms with E-state index >= 15 is 0 Å². The topological polar surface area (TPSA) is 72.0 Å². The number of aromatic nitrogens is 2. The minimum Gasteiger partial charge on any atom is -0.395 e. The smallest absolute Gasteiger partial charge is 0.0602 e. The molecule has 0 aliphatic carbocycles. The molecule has 0 fully saturated rings. The van der Waals surface area contributed by atoms with Crippen molar-refractivity contribution in [2.45, 2.75) is 12.5 Å². The van der Waals surface area contributed by atoms with Crippen LogP contribution in [0.1, 0.15) is 5.69 Å². The van der Waals surface area contributed by atoms with Gasteiger partial charge in [0, 0.05) is 31.1 Å².